The Morgan fingerprint density at radius 2 is 1.93 bits per heavy atom. The van der Waals surface area contributed by atoms with E-state index in [1.807, 2.05) is 60.1 Å². The monoisotopic (exact) mass is 440 g/mol. The molecule has 0 saturated heterocycles. The second kappa shape index (κ2) is 8.75. The summed E-state index contributed by atoms with van der Waals surface area (Å²) in [6.45, 7) is 0. The van der Waals surface area contributed by atoms with E-state index in [1.165, 1.54) is 7.11 Å². The van der Waals surface area contributed by atoms with E-state index in [0.29, 0.717) is 11.3 Å². The van der Waals surface area contributed by atoms with Gasteiger partial charge in [-0.25, -0.2) is 5.43 Å². The van der Waals surface area contributed by atoms with Crippen molar-refractivity contribution in [1.82, 2.24) is 9.99 Å². The molecule has 0 unspecified atom stereocenters. The number of hydrogen-bond donors (Lipinski definition) is 1. The quantitative estimate of drug-likeness (QED) is 0.464. The van der Waals surface area contributed by atoms with Crippen LogP contribution in [0.5, 0.6) is 5.75 Å². The lowest BCUT2D eigenvalue weighted by Crippen LogP contribution is -2.18. The predicted octanol–water partition coefficient (Wildman–Crippen LogP) is 4.08. The van der Waals surface area contributed by atoms with E-state index in [4.69, 9.17) is 4.74 Å². The highest BCUT2D eigenvalue weighted by atomic mass is 79.9. The number of anilines is 1. The number of amides is 1. The van der Waals surface area contributed by atoms with Gasteiger partial charge in [0, 0.05) is 36.1 Å². The van der Waals surface area contributed by atoms with Crippen LogP contribution in [0.3, 0.4) is 0 Å². The van der Waals surface area contributed by atoms with Crippen LogP contribution >= 0.6 is 15.9 Å². The van der Waals surface area contributed by atoms with E-state index in [1.54, 1.807) is 18.3 Å². The number of nitrogens with one attached hydrogen (secondary N) is 1. The molecule has 0 spiro atoms. The zero-order chi connectivity index (χ0) is 20.1. The van der Waals surface area contributed by atoms with E-state index in [-0.39, 0.29) is 5.91 Å². The molecule has 2 aromatic carbocycles. The minimum absolute atomic E-state index is 0.345. The summed E-state index contributed by atoms with van der Waals surface area (Å²) < 4.78 is 8.02. The highest BCUT2D eigenvalue weighted by molar-refractivity contribution is 9.10. The van der Waals surface area contributed by atoms with Crippen LogP contribution in [0.25, 0.3) is 5.69 Å². The molecule has 0 saturated carbocycles. The van der Waals surface area contributed by atoms with Crippen LogP contribution in [0.2, 0.25) is 0 Å². The average Bonchev–Trinajstić information content (AvgIpc) is 3.16. The Morgan fingerprint density at radius 1 is 1.18 bits per heavy atom. The van der Waals surface area contributed by atoms with E-state index < -0.39 is 0 Å². The van der Waals surface area contributed by atoms with Crippen molar-refractivity contribution >= 4 is 33.7 Å². The first kappa shape index (κ1) is 19.7. The first-order valence-corrected chi connectivity index (χ1v) is 9.41. The van der Waals surface area contributed by atoms with Gasteiger partial charge in [0.2, 0.25) is 0 Å². The maximum absolute atomic E-state index is 12.4. The number of carbonyl (C=O) groups is 1. The molecule has 0 aliphatic rings. The van der Waals surface area contributed by atoms with Crippen molar-refractivity contribution in [3.8, 4) is 11.4 Å². The number of rotatable bonds is 6. The molecule has 1 N–H and O–H groups in total. The Bertz CT molecular complexity index is 994. The molecular weight excluding hydrogens is 420 g/mol. The molecule has 144 valence electrons. The third-order valence-corrected chi connectivity index (χ3v) is 4.69. The van der Waals surface area contributed by atoms with Gasteiger partial charge in [0.25, 0.3) is 5.91 Å². The second-order valence-electron chi connectivity index (χ2n) is 6.26. The van der Waals surface area contributed by atoms with Gasteiger partial charge in [0.05, 0.1) is 24.6 Å². The minimum Gasteiger partial charge on any atom is -0.496 e. The first-order valence-electron chi connectivity index (χ1n) is 8.61. The molecule has 28 heavy (non-hydrogen) atoms. The van der Waals surface area contributed by atoms with Crippen LogP contribution in [0.15, 0.2) is 70.4 Å². The van der Waals surface area contributed by atoms with Crippen molar-refractivity contribution in [1.29, 1.82) is 0 Å². The van der Waals surface area contributed by atoms with Gasteiger partial charge in [0.15, 0.2) is 0 Å². The highest BCUT2D eigenvalue weighted by Gasteiger charge is 2.12. The Hall–Kier alpha value is -3.06. The van der Waals surface area contributed by atoms with Crippen molar-refractivity contribution in [2.24, 2.45) is 5.10 Å². The largest absolute Gasteiger partial charge is 0.496 e. The van der Waals surface area contributed by atoms with Crippen molar-refractivity contribution in [2.75, 3.05) is 26.1 Å². The molecule has 0 bridgehead atoms. The summed E-state index contributed by atoms with van der Waals surface area (Å²) in [6, 6.07) is 17.3. The van der Waals surface area contributed by atoms with Crippen molar-refractivity contribution in [2.45, 2.75) is 0 Å². The number of hydrogen-bond acceptors (Lipinski definition) is 4. The van der Waals surface area contributed by atoms with Gasteiger partial charge in [0.1, 0.15) is 5.75 Å². The summed E-state index contributed by atoms with van der Waals surface area (Å²) in [4.78, 5) is 14.5. The summed E-state index contributed by atoms with van der Waals surface area (Å²) in [6.07, 6.45) is 3.56. The molecule has 0 aliphatic carbocycles. The molecule has 3 aromatic rings. The summed E-state index contributed by atoms with van der Waals surface area (Å²) in [7, 11) is 5.54. The lowest BCUT2D eigenvalue weighted by molar-refractivity contribution is 0.0952. The summed E-state index contributed by atoms with van der Waals surface area (Å²) in [5.74, 6) is 0.142. The maximum atomic E-state index is 12.4. The summed E-state index contributed by atoms with van der Waals surface area (Å²) in [5, 5.41) is 4.10. The fourth-order valence-corrected chi connectivity index (χ4v) is 3.08. The van der Waals surface area contributed by atoms with Crippen LogP contribution < -0.4 is 15.1 Å². The zero-order valence-corrected chi connectivity index (χ0v) is 17.5. The van der Waals surface area contributed by atoms with Crippen LogP contribution in [0.1, 0.15) is 16.1 Å². The number of benzene rings is 2. The standard InChI is InChI=1S/C21H21BrN4O2/c1-25(2)16-7-9-17(10-8-16)26-12-4-5-18(26)14-23-24-21(27)19-13-15(22)6-11-20(19)28-3/h4-14H,1-3H3,(H,24,27)/b23-14+. The number of hydrazone groups is 1. The summed E-state index contributed by atoms with van der Waals surface area (Å²) >= 11 is 3.36. The van der Waals surface area contributed by atoms with Gasteiger partial charge >= 0.3 is 0 Å². The van der Waals surface area contributed by atoms with Crippen molar-refractivity contribution in [3.05, 3.63) is 76.5 Å². The topological polar surface area (TPSA) is 58.9 Å². The fraction of sp³-hybridized carbons (Fsp3) is 0.143. The SMILES string of the molecule is COc1ccc(Br)cc1C(=O)N/N=C/c1cccn1-c1ccc(N(C)C)cc1. The average molecular weight is 441 g/mol. The lowest BCUT2D eigenvalue weighted by atomic mass is 10.2. The third kappa shape index (κ3) is 4.43. The van der Waals surface area contributed by atoms with Gasteiger partial charge in [-0.1, -0.05) is 15.9 Å². The molecule has 0 radical (unpaired) electrons. The Kier molecular flexibility index (Phi) is 6.16. The minimum atomic E-state index is -0.345. The molecule has 0 atom stereocenters. The third-order valence-electron chi connectivity index (χ3n) is 4.19. The van der Waals surface area contributed by atoms with Crippen LogP contribution in [-0.4, -0.2) is 37.9 Å². The molecule has 7 heteroatoms. The van der Waals surface area contributed by atoms with Gasteiger partial charge in [-0.05, 0) is 54.6 Å². The number of nitrogens with zero attached hydrogens (tertiary/aromatic N) is 3. The van der Waals surface area contributed by atoms with Crippen molar-refractivity contribution < 1.29 is 9.53 Å². The number of aromatic nitrogens is 1. The van der Waals surface area contributed by atoms with Crippen LogP contribution in [0.4, 0.5) is 5.69 Å². The number of ether oxygens (including phenoxy) is 1. The number of carbonyl (C=O) groups excluding carboxylic acids is 1. The van der Waals surface area contributed by atoms with E-state index in [2.05, 4.69) is 38.6 Å². The molecule has 6 nitrogen and oxygen atoms in total. The van der Waals surface area contributed by atoms with Gasteiger partial charge in [-0.2, -0.15) is 5.10 Å². The Balaban J connectivity index is 1.75. The van der Waals surface area contributed by atoms with Crippen LogP contribution in [-0.2, 0) is 0 Å². The molecule has 1 heterocycles. The smallest absolute Gasteiger partial charge is 0.275 e. The number of halogens is 1. The molecule has 1 amide bonds. The summed E-state index contributed by atoms with van der Waals surface area (Å²) in [5.41, 5.74) is 5.94. The normalized spacial score (nSPS) is 10.9. The van der Waals surface area contributed by atoms with E-state index >= 15 is 0 Å². The highest BCUT2D eigenvalue weighted by Crippen LogP contribution is 2.23. The Morgan fingerprint density at radius 3 is 2.61 bits per heavy atom. The van der Waals surface area contributed by atoms with E-state index in [0.717, 1.165) is 21.5 Å². The lowest BCUT2D eigenvalue weighted by Gasteiger charge is -2.13. The molecular formula is C21H21BrN4O2. The Labute approximate surface area is 172 Å². The molecule has 0 fully saturated rings. The molecule has 1 aromatic heterocycles. The van der Waals surface area contributed by atoms with Gasteiger partial charge in [-0.3, -0.25) is 4.79 Å². The van der Waals surface area contributed by atoms with Crippen LogP contribution in [0, 0.1) is 0 Å². The van der Waals surface area contributed by atoms with Crippen molar-refractivity contribution in [3.63, 3.8) is 0 Å². The zero-order valence-electron chi connectivity index (χ0n) is 15.9. The second-order valence-corrected chi connectivity index (χ2v) is 7.17. The fourth-order valence-electron chi connectivity index (χ4n) is 2.72. The van der Waals surface area contributed by atoms with Gasteiger partial charge in [-0.15, -0.1) is 0 Å². The molecule has 3 rings (SSSR count). The molecule has 0 aliphatic heterocycles. The van der Waals surface area contributed by atoms with E-state index in [9.17, 15) is 4.79 Å². The van der Waals surface area contributed by atoms with Gasteiger partial charge < -0.3 is 14.2 Å². The predicted molar refractivity (Wildman–Crippen MR) is 116 cm³/mol. The number of methoxy groups -OCH3 is 1. The first-order chi connectivity index (χ1) is 13.5. The maximum Gasteiger partial charge on any atom is 0.275 e.